The van der Waals surface area contributed by atoms with E-state index in [-0.39, 0.29) is 16.4 Å². The molecule has 0 aromatic heterocycles. The zero-order valence-corrected chi connectivity index (χ0v) is 21.6. The second kappa shape index (κ2) is 9.69. The number of fused-ring (bicyclic) bond motifs is 3. The van der Waals surface area contributed by atoms with Crippen molar-refractivity contribution >= 4 is 47.0 Å². The number of nitrogens with zero attached hydrogens (tertiary/aromatic N) is 1. The van der Waals surface area contributed by atoms with Gasteiger partial charge in [-0.15, -0.1) is 0 Å². The topological polar surface area (TPSA) is 72.9 Å². The molecule has 3 aromatic carbocycles. The lowest BCUT2D eigenvalue weighted by Crippen LogP contribution is -2.49. The first-order valence-electron chi connectivity index (χ1n) is 11.6. The van der Waals surface area contributed by atoms with Crippen LogP contribution in [0.2, 0.25) is 10.0 Å². The molecular formula is C29H23Cl2NO5. The summed E-state index contributed by atoms with van der Waals surface area (Å²) in [7, 11) is 2.46. The number of hydrogen-bond acceptors (Lipinski definition) is 6. The number of benzene rings is 3. The molecule has 2 aliphatic heterocycles. The van der Waals surface area contributed by atoms with Crippen molar-refractivity contribution in [3.05, 3.63) is 111 Å². The predicted octanol–water partition coefficient (Wildman–Crippen LogP) is 5.70. The van der Waals surface area contributed by atoms with Crippen molar-refractivity contribution in [2.24, 2.45) is 5.41 Å². The van der Waals surface area contributed by atoms with E-state index in [1.54, 1.807) is 47.5 Å². The summed E-state index contributed by atoms with van der Waals surface area (Å²) in [5.41, 5.74) is 0.477. The van der Waals surface area contributed by atoms with Crippen LogP contribution in [0.1, 0.15) is 39.0 Å². The zero-order chi connectivity index (χ0) is 26.3. The number of Topliss-reactive ketones (excluding diaryl/α,β-unsaturated/α-hetero) is 1. The van der Waals surface area contributed by atoms with Crippen LogP contribution in [-0.4, -0.2) is 42.9 Å². The summed E-state index contributed by atoms with van der Waals surface area (Å²) in [6.45, 7) is 0. The summed E-state index contributed by atoms with van der Waals surface area (Å²) in [6, 6.07) is 19.2. The predicted molar refractivity (Wildman–Crippen MR) is 140 cm³/mol. The number of esters is 2. The Morgan fingerprint density at radius 3 is 2.16 bits per heavy atom. The van der Waals surface area contributed by atoms with E-state index < -0.39 is 35.4 Å². The van der Waals surface area contributed by atoms with Crippen molar-refractivity contribution in [2.45, 2.75) is 18.0 Å². The Kier molecular flexibility index (Phi) is 6.56. The van der Waals surface area contributed by atoms with Gasteiger partial charge < -0.3 is 14.4 Å². The molecule has 0 radical (unpaired) electrons. The number of carbonyl (C=O) groups is 3. The van der Waals surface area contributed by atoms with Crippen molar-refractivity contribution in [2.75, 3.05) is 14.2 Å². The van der Waals surface area contributed by atoms with E-state index in [1.165, 1.54) is 20.3 Å². The highest BCUT2D eigenvalue weighted by Crippen LogP contribution is 2.61. The van der Waals surface area contributed by atoms with Gasteiger partial charge in [0.2, 0.25) is 0 Å². The molecule has 5 rings (SSSR count). The molecule has 0 spiro atoms. The minimum atomic E-state index is -1.90. The fourth-order valence-corrected chi connectivity index (χ4v) is 6.29. The molecule has 0 N–H and O–H groups in total. The Balaban J connectivity index is 1.85. The largest absolute Gasteiger partial charge is 0.468 e. The molecule has 1 fully saturated rings. The highest BCUT2D eigenvalue weighted by atomic mass is 35.5. The molecule has 0 aliphatic carbocycles. The SMILES string of the molecule is COC(=O)C1(C(=O)OC)[C@@H](c2ccccc2)[C@H](C(=O)c2ccc(Cl)cc2Cl)N2C=Cc3ccccc3[C@@H]21. The van der Waals surface area contributed by atoms with Gasteiger partial charge >= 0.3 is 11.9 Å². The third-order valence-electron chi connectivity index (χ3n) is 7.24. The number of ketones is 1. The van der Waals surface area contributed by atoms with Crippen LogP contribution >= 0.6 is 23.2 Å². The van der Waals surface area contributed by atoms with Gasteiger partial charge in [-0.3, -0.25) is 14.4 Å². The molecule has 2 heterocycles. The highest BCUT2D eigenvalue weighted by molar-refractivity contribution is 6.37. The summed E-state index contributed by atoms with van der Waals surface area (Å²) in [4.78, 5) is 43.8. The molecule has 188 valence electrons. The number of methoxy groups -OCH3 is 2. The number of carbonyl (C=O) groups excluding carboxylic acids is 3. The maximum absolute atomic E-state index is 14.3. The quantitative estimate of drug-likeness (QED) is 0.237. The lowest BCUT2D eigenvalue weighted by Gasteiger charge is -2.38. The minimum Gasteiger partial charge on any atom is -0.468 e. The molecule has 0 amide bonds. The van der Waals surface area contributed by atoms with E-state index in [1.807, 2.05) is 36.4 Å². The molecule has 3 atom stereocenters. The fourth-order valence-electron chi connectivity index (χ4n) is 5.79. The first-order chi connectivity index (χ1) is 17.9. The van der Waals surface area contributed by atoms with Gasteiger partial charge in [-0.25, -0.2) is 0 Å². The van der Waals surface area contributed by atoms with Crippen LogP contribution in [0.15, 0.2) is 79.0 Å². The van der Waals surface area contributed by atoms with Crippen molar-refractivity contribution < 1.29 is 23.9 Å². The monoisotopic (exact) mass is 535 g/mol. The molecule has 0 unspecified atom stereocenters. The van der Waals surface area contributed by atoms with Crippen LogP contribution in [0.3, 0.4) is 0 Å². The third-order valence-corrected chi connectivity index (χ3v) is 7.79. The molecule has 3 aromatic rings. The summed E-state index contributed by atoms with van der Waals surface area (Å²) >= 11 is 12.6. The Labute approximate surface area is 224 Å². The van der Waals surface area contributed by atoms with E-state index >= 15 is 0 Å². The number of ether oxygens (including phenoxy) is 2. The molecule has 37 heavy (non-hydrogen) atoms. The number of hydrogen-bond donors (Lipinski definition) is 0. The second-order valence-electron chi connectivity index (χ2n) is 8.97. The lowest BCUT2D eigenvalue weighted by molar-refractivity contribution is -0.172. The summed E-state index contributed by atoms with van der Waals surface area (Å²) in [5, 5.41) is 0.562. The molecule has 0 saturated carbocycles. The summed E-state index contributed by atoms with van der Waals surface area (Å²) in [5.74, 6) is -2.90. The third kappa shape index (κ3) is 3.74. The smallest absolute Gasteiger partial charge is 0.326 e. The van der Waals surface area contributed by atoms with Gasteiger partial charge in [-0.05, 0) is 41.0 Å². The maximum atomic E-state index is 14.3. The normalized spacial score (nSPS) is 21.1. The van der Waals surface area contributed by atoms with Crippen LogP contribution in [-0.2, 0) is 19.1 Å². The molecular weight excluding hydrogens is 513 g/mol. The van der Waals surface area contributed by atoms with Gasteiger partial charge in [-0.2, -0.15) is 0 Å². The standard InChI is InChI=1S/C29H23Cl2NO5/c1-36-27(34)29(28(35)37-2)23(18-9-4-3-5-10-18)24(25(33)21-13-12-19(30)16-22(21)31)32-15-14-17-8-6-7-11-20(17)26(29)32/h3-16,23-24,26H,1-2H3/t23-,24+,26+/m0/s1. The molecule has 2 aliphatic rings. The number of rotatable bonds is 5. The van der Waals surface area contributed by atoms with Crippen LogP contribution in [0.5, 0.6) is 0 Å². The van der Waals surface area contributed by atoms with Gasteiger partial charge in [0.25, 0.3) is 0 Å². The first-order valence-corrected chi connectivity index (χ1v) is 12.4. The summed E-state index contributed by atoms with van der Waals surface area (Å²) < 4.78 is 10.6. The minimum absolute atomic E-state index is 0.177. The Morgan fingerprint density at radius 2 is 1.51 bits per heavy atom. The van der Waals surface area contributed by atoms with E-state index in [9.17, 15) is 14.4 Å². The maximum Gasteiger partial charge on any atom is 0.326 e. The lowest BCUT2D eigenvalue weighted by atomic mass is 9.65. The molecule has 0 bridgehead atoms. The fraction of sp³-hybridized carbons (Fsp3) is 0.207. The van der Waals surface area contributed by atoms with Crippen LogP contribution < -0.4 is 0 Å². The van der Waals surface area contributed by atoms with Gasteiger partial charge in [0.15, 0.2) is 11.2 Å². The van der Waals surface area contributed by atoms with Crippen molar-refractivity contribution in [1.29, 1.82) is 0 Å². The molecule has 1 saturated heterocycles. The van der Waals surface area contributed by atoms with Crippen LogP contribution in [0.4, 0.5) is 0 Å². The Bertz CT molecular complexity index is 1400. The van der Waals surface area contributed by atoms with E-state index in [4.69, 9.17) is 32.7 Å². The average Bonchev–Trinajstić information content (AvgIpc) is 3.24. The Morgan fingerprint density at radius 1 is 0.865 bits per heavy atom. The van der Waals surface area contributed by atoms with Crippen molar-refractivity contribution in [3.63, 3.8) is 0 Å². The van der Waals surface area contributed by atoms with Crippen molar-refractivity contribution in [1.82, 2.24) is 4.90 Å². The second-order valence-corrected chi connectivity index (χ2v) is 9.81. The first kappa shape index (κ1) is 25.1. The van der Waals surface area contributed by atoms with E-state index in [0.29, 0.717) is 16.1 Å². The van der Waals surface area contributed by atoms with E-state index in [0.717, 1.165) is 5.56 Å². The van der Waals surface area contributed by atoms with Crippen LogP contribution in [0.25, 0.3) is 6.08 Å². The molecule has 6 nitrogen and oxygen atoms in total. The summed E-state index contributed by atoms with van der Waals surface area (Å²) in [6.07, 6.45) is 3.62. The highest BCUT2D eigenvalue weighted by Gasteiger charge is 2.71. The van der Waals surface area contributed by atoms with Crippen LogP contribution in [0, 0.1) is 5.41 Å². The van der Waals surface area contributed by atoms with Gasteiger partial charge in [0, 0.05) is 22.7 Å². The van der Waals surface area contributed by atoms with Gasteiger partial charge in [0.05, 0.1) is 25.3 Å². The van der Waals surface area contributed by atoms with Crippen molar-refractivity contribution in [3.8, 4) is 0 Å². The van der Waals surface area contributed by atoms with E-state index in [2.05, 4.69) is 0 Å². The van der Waals surface area contributed by atoms with Gasteiger partial charge in [-0.1, -0.05) is 77.8 Å². The zero-order valence-electron chi connectivity index (χ0n) is 20.1. The van der Waals surface area contributed by atoms with Gasteiger partial charge in [0.1, 0.15) is 6.04 Å². The molecule has 8 heteroatoms. The Hall–Kier alpha value is -3.61. The average molecular weight is 536 g/mol. The number of halogens is 2.